The molecule has 17 nitrogen and oxygen atoms in total. The van der Waals surface area contributed by atoms with E-state index < -0.39 is 11.1 Å². The highest BCUT2D eigenvalue weighted by atomic mass is 35.5. The van der Waals surface area contributed by atoms with E-state index in [0.717, 1.165) is 187 Å². The first-order valence-electron chi connectivity index (χ1n) is 45.3. The molecule has 0 radical (unpaired) electrons. The topological polar surface area (TPSA) is 166 Å². The summed E-state index contributed by atoms with van der Waals surface area (Å²) in [5.74, 6) is 0. The molecule has 668 valence electrons. The summed E-state index contributed by atoms with van der Waals surface area (Å²) in [7, 11) is 0. The number of amides is 2. The number of aliphatic hydroxyl groups is 1. The molecule has 9 aromatic carbocycles. The molecule has 20 rings (SSSR count). The third kappa shape index (κ3) is 20.9. The maximum absolute atomic E-state index is 13.2. The van der Waals surface area contributed by atoms with Crippen molar-refractivity contribution in [2.75, 3.05) is 91.8 Å². The van der Waals surface area contributed by atoms with Crippen molar-refractivity contribution in [1.82, 2.24) is 63.9 Å². The number of ether oxygens (including phenoxy) is 1. The van der Waals surface area contributed by atoms with Crippen molar-refractivity contribution in [3.05, 3.63) is 444 Å². The number of benzene rings is 9. The van der Waals surface area contributed by atoms with Crippen LogP contribution in [-0.4, -0.2) is 168 Å². The molecule has 0 bridgehead atoms. The van der Waals surface area contributed by atoms with E-state index in [2.05, 4.69) is 284 Å². The Kier molecular flexibility index (Phi) is 32.2. The van der Waals surface area contributed by atoms with Gasteiger partial charge in [0, 0.05) is 131 Å². The van der Waals surface area contributed by atoms with Gasteiger partial charge in [-0.25, -0.2) is 14.8 Å². The number of aliphatic hydroxyl groups excluding tert-OH is 1. The van der Waals surface area contributed by atoms with Gasteiger partial charge >= 0.3 is 6.09 Å². The molecule has 3 aliphatic heterocycles. The van der Waals surface area contributed by atoms with E-state index in [1.807, 2.05) is 71.4 Å². The lowest BCUT2D eigenvalue weighted by Crippen LogP contribution is -2.50. The van der Waals surface area contributed by atoms with Gasteiger partial charge in [-0.3, -0.25) is 34.4 Å². The van der Waals surface area contributed by atoms with Crippen LogP contribution < -0.4 is 5.32 Å². The van der Waals surface area contributed by atoms with Crippen molar-refractivity contribution in [3.63, 3.8) is 0 Å². The number of aromatic nitrogens is 7. The highest BCUT2D eigenvalue weighted by Crippen LogP contribution is 2.46. The van der Waals surface area contributed by atoms with Gasteiger partial charge in [-0.1, -0.05) is 261 Å². The summed E-state index contributed by atoms with van der Waals surface area (Å²) in [6, 6.07) is 95.7. The van der Waals surface area contributed by atoms with Gasteiger partial charge < -0.3 is 34.1 Å². The summed E-state index contributed by atoms with van der Waals surface area (Å²) in [4.78, 5) is 59.3. The first-order chi connectivity index (χ1) is 63.0. The van der Waals surface area contributed by atoms with E-state index in [1.54, 1.807) is 0 Å². The molecule has 3 saturated heterocycles. The molecule has 2 N–H and O–H groups in total. The number of pyridine rings is 3. The van der Waals surface area contributed by atoms with E-state index >= 15 is 0 Å². The van der Waals surface area contributed by atoms with E-state index in [1.165, 1.54) is 89.1 Å². The number of nitrogens with one attached hydrogen (secondary N) is 1. The maximum atomic E-state index is 13.2. The standard InChI is InChI=1S/C45H44ClN5O2.C26H26N2O.C19H20ClN3O.C18H20ClN3.CH4.ClH/c46-39-23-24-41-35(31-39)22-21-34-13-12-25-47-42(34)43(41)49-26-28-50(29-27-49)44(52)53-30-11-10-20-40-32-51(33-48-40)45(36-14-4-1-5-15-36,37-16-6-2-7-17-37)38-18-8-3-9-19-38;29-19-11-10-18-25-20-28(21-27-25)26(22-12-4-1-5-13-22,23-14-6-2-7-15-23)24-16-8-3-9-17-24;20-16-5-6-17-15(12-16)4-3-14-2-1-7-21-18(14)19(17)23-10-8-22(13-24)9-11-23;19-15-5-6-16-14(12-15)4-3-13-2-1-7-21-17(13)18(16)22-10-8-20-9-11-22;;/h1-9,12-19,23-25,31-33,43H,10-11,20-22,26-30H2;1-9,12-17,20-21,29H,10-11,18-19H2;1-2,5-7,12-13,19H,3-4,8-11H2;1-2,5-7,12,18,20H,3-4,8-11H2;1H4;1H. The first-order valence-corrected chi connectivity index (χ1v) is 46.4. The molecule has 0 saturated carbocycles. The van der Waals surface area contributed by atoms with Crippen LogP contribution in [0.3, 0.4) is 0 Å². The molecule has 130 heavy (non-hydrogen) atoms. The van der Waals surface area contributed by atoms with Crippen LogP contribution in [0.5, 0.6) is 0 Å². The van der Waals surface area contributed by atoms with Crippen molar-refractivity contribution in [2.45, 2.75) is 114 Å². The van der Waals surface area contributed by atoms with Crippen LogP contribution in [0.1, 0.15) is 163 Å². The highest BCUT2D eigenvalue weighted by molar-refractivity contribution is 6.31. The van der Waals surface area contributed by atoms with Gasteiger partial charge in [-0.2, -0.15) is 0 Å². The largest absolute Gasteiger partial charge is 0.449 e. The predicted molar refractivity (Wildman–Crippen MR) is 524 cm³/mol. The number of carbonyl (C=O) groups excluding carboxylic acids is 2. The van der Waals surface area contributed by atoms with Gasteiger partial charge in [-0.15, -0.1) is 12.4 Å². The molecule has 6 aliphatic rings. The van der Waals surface area contributed by atoms with E-state index in [0.29, 0.717) is 19.7 Å². The lowest BCUT2D eigenvalue weighted by molar-refractivity contribution is -0.119. The van der Waals surface area contributed by atoms with Crippen LogP contribution in [0, 0.1) is 0 Å². The fraction of sp³-hybridized carbons (Fsp3) is 0.294. The molecule has 14 aromatic rings. The molecule has 8 heterocycles. The Morgan fingerprint density at radius 2 is 0.715 bits per heavy atom. The first kappa shape index (κ1) is 93.2. The SMILES string of the molecule is C.Cl.Clc1ccc2c(c1)CCc1cccnc1C2N1CCNCC1.O=C(OCCCCc1cn(C(c2ccccc2)(c2ccccc2)c2ccccc2)cn1)N1CCN(C2c3ccc(Cl)cc3CCc3cccnc32)CC1.O=CN1CCN(C2c3ccc(Cl)cc3CCc3cccnc32)CC1.OCCCCc1cn(C(c2ccccc2)(c2ccccc2)c2ccccc2)cn1. The summed E-state index contributed by atoms with van der Waals surface area (Å²) >= 11 is 18.9. The van der Waals surface area contributed by atoms with Gasteiger partial charge in [-0.05, 0) is 215 Å². The van der Waals surface area contributed by atoms with Gasteiger partial charge in [0.1, 0.15) is 11.1 Å². The van der Waals surface area contributed by atoms with Crippen molar-refractivity contribution in [1.29, 1.82) is 0 Å². The summed E-state index contributed by atoms with van der Waals surface area (Å²) < 4.78 is 10.3. The zero-order valence-electron chi connectivity index (χ0n) is 72.8. The van der Waals surface area contributed by atoms with Crippen molar-refractivity contribution in [2.24, 2.45) is 0 Å². The number of piperazine rings is 3. The lowest BCUT2D eigenvalue weighted by atomic mass is 9.77. The molecular formula is C109H115Cl4N13O4. The van der Waals surface area contributed by atoms with Crippen molar-refractivity contribution >= 4 is 59.7 Å². The van der Waals surface area contributed by atoms with Gasteiger partial charge in [0.2, 0.25) is 6.41 Å². The zero-order chi connectivity index (χ0) is 87.4. The minimum Gasteiger partial charge on any atom is -0.449 e. The number of carbonyl (C=O) groups is 2. The molecule has 0 spiro atoms. The second kappa shape index (κ2) is 44.9. The average molecular weight is 1810 g/mol. The molecule has 3 unspecified atom stereocenters. The fourth-order valence-corrected chi connectivity index (χ4v) is 20.4. The number of hydrogen-bond donors (Lipinski definition) is 2. The fourth-order valence-electron chi connectivity index (χ4n) is 19.9. The Hall–Kier alpha value is -11.5. The maximum Gasteiger partial charge on any atom is 0.409 e. The second-order valence-corrected chi connectivity index (χ2v) is 35.1. The van der Waals surface area contributed by atoms with Crippen LogP contribution in [0.15, 0.2) is 317 Å². The molecule has 3 atom stereocenters. The number of aryl methyl sites for hydroxylation is 8. The average Bonchev–Trinajstić information content (AvgIpc) is 1.34. The number of hydrogen-bond acceptors (Lipinski definition) is 13. The summed E-state index contributed by atoms with van der Waals surface area (Å²) in [6.45, 7) is 10.8. The number of imidazole rings is 2. The van der Waals surface area contributed by atoms with E-state index in [4.69, 9.17) is 69.6 Å². The minimum atomic E-state index is -0.582. The Labute approximate surface area is 786 Å². The zero-order valence-corrected chi connectivity index (χ0v) is 75.9. The van der Waals surface area contributed by atoms with Gasteiger partial charge in [0.25, 0.3) is 0 Å². The molecule has 5 aromatic heterocycles. The Morgan fingerprint density at radius 3 is 1.05 bits per heavy atom. The number of unbranched alkanes of at least 4 members (excludes halogenated alkanes) is 2. The van der Waals surface area contributed by atoms with E-state index in [-0.39, 0.29) is 50.7 Å². The number of nitrogens with zero attached hydrogens (tertiary/aromatic N) is 12. The van der Waals surface area contributed by atoms with Crippen LogP contribution in [-0.2, 0) is 72.0 Å². The Morgan fingerprint density at radius 1 is 0.392 bits per heavy atom. The smallest absolute Gasteiger partial charge is 0.409 e. The van der Waals surface area contributed by atoms with Crippen LogP contribution >= 0.6 is 47.2 Å². The van der Waals surface area contributed by atoms with Crippen LogP contribution in [0.2, 0.25) is 15.1 Å². The third-order valence-electron chi connectivity index (χ3n) is 26.2. The highest BCUT2D eigenvalue weighted by Gasteiger charge is 2.42. The van der Waals surface area contributed by atoms with Crippen molar-refractivity contribution < 1.29 is 19.4 Å². The summed E-state index contributed by atoms with van der Waals surface area (Å²) in [5.41, 5.74) is 23.4. The third-order valence-corrected chi connectivity index (χ3v) is 26.9. The van der Waals surface area contributed by atoms with Crippen LogP contribution in [0.25, 0.3) is 0 Å². The van der Waals surface area contributed by atoms with E-state index in [9.17, 15) is 9.59 Å². The Balaban J connectivity index is 0.000000142. The quantitative estimate of drug-likeness (QED) is 0.0397. The molecule has 3 aliphatic carbocycles. The van der Waals surface area contributed by atoms with Gasteiger partial charge in [0.05, 0.1) is 65.9 Å². The van der Waals surface area contributed by atoms with Crippen molar-refractivity contribution in [3.8, 4) is 0 Å². The molecule has 21 heteroatoms. The second-order valence-electron chi connectivity index (χ2n) is 33.8. The molecular weight excluding hydrogens is 1700 g/mol. The predicted octanol–water partition coefficient (Wildman–Crippen LogP) is 20.4. The normalized spacial score (nSPS) is 16.6. The molecule has 3 fully saturated rings. The lowest BCUT2D eigenvalue weighted by Gasteiger charge is -2.39. The summed E-state index contributed by atoms with van der Waals surface area (Å²) in [6.07, 6.45) is 25.6. The monoisotopic (exact) mass is 1810 g/mol. The summed E-state index contributed by atoms with van der Waals surface area (Å²) in [5, 5.41) is 14.9. The Bertz CT molecular complexity index is 5760. The minimum absolute atomic E-state index is 0. The van der Waals surface area contributed by atoms with Crippen LogP contribution in [0.4, 0.5) is 4.79 Å². The van der Waals surface area contributed by atoms with Gasteiger partial charge in [0.15, 0.2) is 0 Å². The number of fused-ring (bicyclic) bond motifs is 6. The molecule has 2 amide bonds. The number of halogens is 4. The number of rotatable bonds is 21.